The van der Waals surface area contributed by atoms with E-state index in [2.05, 4.69) is 20.7 Å². The minimum absolute atomic E-state index is 0.388. The van der Waals surface area contributed by atoms with Crippen molar-refractivity contribution in [2.24, 2.45) is 0 Å². The molecule has 27 heavy (non-hydrogen) atoms. The van der Waals surface area contributed by atoms with Crippen LogP contribution < -0.4 is 15.4 Å². The maximum Gasteiger partial charge on any atom is 0.157 e. The van der Waals surface area contributed by atoms with Gasteiger partial charge in [-0.25, -0.2) is 14.5 Å². The first-order valence-electron chi connectivity index (χ1n) is 9.06. The quantitative estimate of drug-likeness (QED) is 0.632. The zero-order chi connectivity index (χ0) is 19.0. The molecule has 1 atom stereocenters. The highest BCUT2D eigenvalue weighted by molar-refractivity contribution is 5.62. The molecule has 4 heterocycles. The lowest BCUT2D eigenvalue weighted by Gasteiger charge is -2.19. The van der Waals surface area contributed by atoms with Crippen molar-refractivity contribution in [1.82, 2.24) is 24.9 Å². The van der Waals surface area contributed by atoms with Gasteiger partial charge in [0.25, 0.3) is 0 Å². The molecular formula is C19H24N6O2. The summed E-state index contributed by atoms with van der Waals surface area (Å²) in [6, 6.07) is 8.02. The van der Waals surface area contributed by atoms with E-state index in [-0.39, 0.29) is 0 Å². The van der Waals surface area contributed by atoms with Gasteiger partial charge < -0.3 is 20.5 Å². The van der Waals surface area contributed by atoms with Gasteiger partial charge in [-0.05, 0) is 38.9 Å². The monoisotopic (exact) mass is 368 g/mol. The number of imidazole rings is 1. The molecule has 1 aliphatic heterocycles. The van der Waals surface area contributed by atoms with Crippen molar-refractivity contribution in [3.05, 3.63) is 36.2 Å². The van der Waals surface area contributed by atoms with Crippen molar-refractivity contribution in [1.29, 1.82) is 0 Å². The summed E-state index contributed by atoms with van der Waals surface area (Å²) in [5.41, 5.74) is 1.45. The number of anilines is 1. The third-order valence-corrected chi connectivity index (χ3v) is 4.68. The van der Waals surface area contributed by atoms with Crippen molar-refractivity contribution in [2.45, 2.75) is 31.9 Å². The number of nitrogens with zero attached hydrogens (tertiary/aromatic N) is 4. The molecule has 0 aliphatic carbocycles. The van der Waals surface area contributed by atoms with Crippen LogP contribution in [0.25, 0.3) is 17.0 Å². The Balaban J connectivity index is 1.75. The Bertz CT molecular complexity index is 956. The molecule has 4 rings (SSSR count). The van der Waals surface area contributed by atoms with Gasteiger partial charge in [0.05, 0.1) is 19.0 Å². The molecule has 0 aromatic carbocycles. The number of hydrogen-bond acceptors (Lipinski definition) is 7. The second-order valence-electron chi connectivity index (χ2n) is 7.28. The van der Waals surface area contributed by atoms with E-state index in [1.165, 1.54) is 0 Å². The average Bonchev–Trinajstić information content (AvgIpc) is 3.29. The third-order valence-electron chi connectivity index (χ3n) is 4.68. The summed E-state index contributed by atoms with van der Waals surface area (Å²) >= 11 is 0. The van der Waals surface area contributed by atoms with E-state index in [1.54, 1.807) is 37.7 Å². The molecule has 3 aromatic rings. The molecule has 3 aromatic heterocycles. The zero-order valence-corrected chi connectivity index (χ0v) is 15.7. The summed E-state index contributed by atoms with van der Waals surface area (Å²) in [5, 5.41) is 21.9. The van der Waals surface area contributed by atoms with E-state index in [0.717, 1.165) is 36.7 Å². The molecule has 8 heteroatoms. The number of ether oxygens (including phenoxy) is 1. The second-order valence-corrected chi connectivity index (χ2v) is 7.28. The first-order chi connectivity index (χ1) is 13.0. The molecule has 1 unspecified atom stereocenters. The second kappa shape index (κ2) is 6.79. The van der Waals surface area contributed by atoms with Crippen LogP contribution in [0.5, 0.6) is 5.75 Å². The van der Waals surface area contributed by atoms with Gasteiger partial charge in [0.2, 0.25) is 0 Å². The van der Waals surface area contributed by atoms with Crippen molar-refractivity contribution < 1.29 is 9.84 Å². The number of hydrogen-bond donors (Lipinski definition) is 3. The van der Waals surface area contributed by atoms with E-state index in [0.29, 0.717) is 23.1 Å². The molecule has 8 nitrogen and oxygen atoms in total. The maximum atomic E-state index is 10.5. The lowest BCUT2D eigenvalue weighted by Crippen LogP contribution is -2.22. The van der Waals surface area contributed by atoms with Crippen LogP contribution >= 0.6 is 0 Å². The Hall–Kier alpha value is -2.71. The van der Waals surface area contributed by atoms with Crippen molar-refractivity contribution >= 4 is 11.5 Å². The molecule has 1 aliphatic rings. The van der Waals surface area contributed by atoms with Gasteiger partial charge in [-0.2, -0.15) is 5.10 Å². The average molecular weight is 368 g/mol. The Labute approximate surface area is 157 Å². The van der Waals surface area contributed by atoms with Crippen LogP contribution in [0.15, 0.2) is 30.5 Å². The fourth-order valence-corrected chi connectivity index (χ4v) is 3.30. The van der Waals surface area contributed by atoms with E-state index in [1.807, 2.05) is 18.2 Å². The maximum absolute atomic E-state index is 10.5. The van der Waals surface area contributed by atoms with Crippen molar-refractivity contribution in [3.8, 4) is 17.1 Å². The van der Waals surface area contributed by atoms with Gasteiger partial charge in [-0.3, -0.25) is 0 Å². The molecule has 3 N–H and O–H groups in total. The van der Waals surface area contributed by atoms with Crippen LogP contribution in [-0.2, 0) is 5.60 Å². The normalized spacial score (nSPS) is 17.4. The molecule has 0 radical (unpaired) electrons. The molecule has 0 spiro atoms. The summed E-state index contributed by atoms with van der Waals surface area (Å²) in [5.74, 6) is 1.33. The Morgan fingerprint density at radius 2 is 2.22 bits per heavy atom. The van der Waals surface area contributed by atoms with Crippen molar-refractivity contribution in [2.75, 3.05) is 25.5 Å². The lowest BCUT2D eigenvalue weighted by atomic mass is 10.0. The SMILES string of the molecule is COc1cc2ncc(-c3cccc(NC4CCNC4)n3)n2nc1C(C)(C)O. The minimum atomic E-state index is -1.15. The number of aromatic nitrogens is 4. The first-order valence-corrected chi connectivity index (χ1v) is 9.06. The van der Waals surface area contributed by atoms with Gasteiger partial charge >= 0.3 is 0 Å². The number of aliphatic hydroxyl groups is 1. The zero-order valence-electron chi connectivity index (χ0n) is 15.7. The fourth-order valence-electron chi connectivity index (χ4n) is 3.30. The number of rotatable bonds is 5. The lowest BCUT2D eigenvalue weighted by molar-refractivity contribution is 0.0694. The summed E-state index contributed by atoms with van der Waals surface area (Å²) in [6.07, 6.45) is 2.82. The third kappa shape index (κ3) is 3.45. The predicted molar refractivity (Wildman–Crippen MR) is 103 cm³/mol. The molecule has 1 fully saturated rings. The fraction of sp³-hybridized carbons (Fsp3) is 0.421. The molecule has 142 valence electrons. The smallest absolute Gasteiger partial charge is 0.157 e. The minimum Gasteiger partial charge on any atom is -0.495 e. The first kappa shape index (κ1) is 17.7. The largest absolute Gasteiger partial charge is 0.495 e. The van der Waals surface area contributed by atoms with E-state index in [4.69, 9.17) is 9.72 Å². The van der Waals surface area contributed by atoms with Crippen LogP contribution in [0, 0.1) is 0 Å². The Morgan fingerprint density at radius 1 is 1.37 bits per heavy atom. The number of pyridine rings is 1. The molecular weight excluding hydrogens is 344 g/mol. The van der Waals surface area contributed by atoms with Crippen LogP contribution in [0.2, 0.25) is 0 Å². The van der Waals surface area contributed by atoms with E-state index >= 15 is 0 Å². The van der Waals surface area contributed by atoms with Gasteiger partial charge in [0.1, 0.15) is 28.6 Å². The van der Waals surface area contributed by atoms with Crippen LogP contribution in [0.4, 0.5) is 5.82 Å². The van der Waals surface area contributed by atoms with Crippen LogP contribution in [0.3, 0.4) is 0 Å². The number of nitrogens with one attached hydrogen (secondary N) is 2. The summed E-state index contributed by atoms with van der Waals surface area (Å²) in [6.45, 7) is 5.32. The highest BCUT2D eigenvalue weighted by atomic mass is 16.5. The molecule has 0 saturated carbocycles. The van der Waals surface area contributed by atoms with Gasteiger partial charge in [-0.1, -0.05) is 6.07 Å². The Kier molecular flexibility index (Phi) is 4.45. The molecule has 1 saturated heterocycles. The number of methoxy groups -OCH3 is 1. The topological polar surface area (TPSA) is 96.6 Å². The summed E-state index contributed by atoms with van der Waals surface area (Å²) < 4.78 is 7.07. The highest BCUT2D eigenvalue weighted by Crippen LogP contribution is 2.30. The molecule has 0 bridgehead atoms. The van der Waals surface area contributed by atoms with Gasteiger partial charge in [0.15, 0.2) is 5.65 Å². The molecule has 0 amide bonds. The van der Waals surface area contributed by atoms with Gasteiger partial charge in [0, 0.05) is 18.7 Å². The number of fused-ring (bicyclic) bond motifs is 1. The summed E-state index contributed by atoms with van der Waals surface area (Å²) in [4.78, 5) is 9.16. The van der Waals surface area contributed by atoms with E-state index < -0.39 is 5.60 Å². The van der Waals surface area contributed by atoms with Gasteiger partial charge in [-0.15, -0.1) is 0 Å². The highest BCUT2D eigenvalue weighted by Gasteiger charge is 2.25. The standard InChI is InChI=1S/C19H24N6O2/c1-19(2,26)18-15(27-3)9-17-21-11-14(25(17)24-18)13-5-4-6-16(23-13)22-12-7-8-20-10-12/h4-6,9,11-12,20,26H,7-8,10H2,1-3H3,(H,22,23). The summed E-state index contributed by atoms with van der Waals surface area (Å²) in [7, 11) is 1.56. The van der Waals surface area contributed by atoms with Crippen LogP contribution in [0.1, 0.15) is 26.0 Å². The van der Waals surface area contributed by atoms with E-state index in [9.17, 15) is 5.11 Å². The van der Waals surface area contributed by atoms with Crippen molar-refractivity contribution in [3.63, 3.8) is 0 Å². The van der Waals surface area contributed by atoms with Crippen LogP contribution in [-0.4, -0.2) is 50.9 Å². The Morgan fingerprint density at radius 3 is 2.93 bits per heavy atom. The predicted octanol–water partition coefficient (Wildman–Crippen LogP) is 1.80.